The average Bonchev–Trinajstić information content (AvgIpc) is 3.64. The van der Waals surface area contributed by atoms with Crippen LogP contribution in [0.25, 0.3) is 11.4 Å². The number of halogens is 1. The van der Waals surface area contributed by atoms with Crippen LogP contribution in [-0.2, 0) is 17.9 Å². The standard InChI is InChI=1S/C27H25FN4OS/c28-23-13-11-22(12-14-23)26-29-30-27(32(26)18-21-9-5-2-6-10-21)34-19-25(33)31(24-15-16-24)17-20-7-3-1-4-8-20/h1-14,24H,15-19H2. The molecule has 4 aromatic rings. The summed E-state index contributed by atoms with van der Waals surface area (Å²) in [5.74, 6) is 0.757. The molecule has 5 nitrogen and oxygen atoms in total. The number of hydrogen-bond donors (Lipinski definition) is 0. The van der Waals surface area contributed by atoms with E-state index in [1.165, 1.54) is 23.9 Å². The number of nitrogens with zero attached hydrogens (tertiary/aromatic N) is 4. The first-order valence-electron chi connectivity index (χ1n) is 11.4. The van der Waals surface area contributed by atoms with Crippen LogP contribution in [0, 0.1) is 5.82 Å². The predicted octanol–water partition coefficient (Wildman–Crippen LogP) is 5.42. The Bertz CT molecular complexity index is 1240. The lowest BCUT2D eigenvalue weighted by Gasteiger charge is -2.22. The number of aromatic nitrogens is 3. The van der Waals surface area contributed by atoms with Gasteiger partial charge in [0.2, 0.25) is 5.91 Å². The highest BCUT2D eigenvalue weighted by Gasteiger charge is 2.32. The molecule has 1 heterocycles. The van der Waals surface area contributed by atoms with Crippen LogP contribution in [0.3, 0.4) is 0 Å². The molecule has 0 radical (unpaired) electrons. The number of thioether (sulfide) groups is 1. The zero-order chi connectivity index (χ0) is 23.3. The Morgan fingerprint density at radius 2 is 1.56 bits per heavy atom. The molecule has 5 rings (SSSR count). The third-order valence-electron chi connectivity index (χ3n) is 5.83. The van der Waals surface area contributed by atoms with E-state index in [2.05, 4.69) is 22.3 Å². The second-order valence-electron chi connectivity index (χ2n) is 8.41. The largest absolute Gasteiger partial charge is 0.335 e. The summed E-state index contributed by atoms with van der Waals surface area (Å²) in [6.45, 7) is 1.19. The van der Waals surface area contributed by atoms with Crippen LogP contribution in [0.15, 0.2) is 90.1 Å². The van der Waals surface area contributed by atoms with Crippen molar-refractivity contribution >= 4 is 17.7 Å². The summed E-state index contributed by atoms with van der Waals surface area (Å²) in [6.07, 6.45) is 2.12. The minimum absolute atomic E-state index is 0.106. The summed E-state index contributed by atoms with van der Waals surface area (Å²) in [7, 11) is 0. The van der Waals surface area contributed by atoms with E-state index in [1.54, 1.807) is 12.1 Å². The van der Waals surface area contributed by atoms with Gasteiger partial charge in [-0.1, -0.05) is 72.4 Å². The molecular weight excluding hydrogens is 447 g/mol. The van der Waals surface area contributed by atoms with Crippen molar-refractivity contribution in [3.8, 4) is 11.4 Å². The molecule has 7 heteroatoms. The Hall–Kier alpha value is -3.45. The lowest BCUT2D eigenvalue weighted by atomic mass is 10.2. The van der Waals surface area contributed by atoms with Crippen LogP contribution in [0.2, 0.25) is 0 Å². The summed E-state index contributed by atoms with van der Waals surface area (Å²) < 4.78 is 15.5. The summed E-state index contributed by atoms with van der Waals surface area (Å²) in [4.78, 5) is 15.2. The molecule has 0 spiro atoms. The average molecular weight is 473 g/mol. The van der Waals surface area contributed by atoms with Gasteiger partial charge >= 0.3 is 0 Å². The summed E-state index contributed by atoms with van der Waals surface area (Å²) >= 11 is 1.40. The van der Waals surface area contributed by atoms with Crippen LogP contribution in [0.1, 0.15) is 24.0 Å². The Kier molecular flexibility index (Phi) is 6.72. The van der Waals surface area contributed by atoms with E-state index in [1.807, 2.05) is 58.0 Å². The normalized spacial score (nSPS) is 13.1. The Morgan fingerprint density at radius 1 is 0.912 bits per heavy atom. The van der Waals surface area contributed by atoms with Gasteiger partial charge in [0.05, 0.1) is 12.3 Å². The van der Waals surface area contributed by atoms with E-state index >= 15 is 0 Å². The number of carbonyl (C=O) groups excluding carboxylic acids is 1. The molecule has 172 valence electrons. The fourth-order valence-corrected chi connectivity index (χ4v) is 4.74. The second-order valence-corrected chi connectivity index (χ2v) is 9.35. The molecule has 1 amide bonds. The van der Waals surface area contributed by atoms with Gasteiger partial charge in [-0.3, -0.25) is 9.36 Å². The third-order valence-corrected chi connectivity index (χ3v) is 6.78. The van der Waals surface area contributed by atoms with Crippen molar-refractivity contribution in [2.24, 2.45) is 0 Å². The molecule has 1 aliphatic rings. The molecule has 0 unspecified atom stereocenters. The fourth-order valence-electron chi connectivity index (χ4n) is 3.91. The van der Waals surface area contributed by atoms with Crippen molar-refractivity contribution in [1.82, 2.24) is 19.7 Å². The van der Waals surface area contributed by atoms with Crippen molar-refractivity contribution < 1.29 is 9.18 Å². The van der Waals surface area contributed by atoms with Gasteiger partial charge in [0.25, 0.3) is 0 Å². The van der Waals surface area contributed by atoms with Crippen molar-refractivity contribution in [1.29, 1.82) is 0 Å². The maximum absolute atomic E-state index is 13.5. The van der Waals surface area contributed by atoms with E-state index in [4.69, 9.17) is 0 Å². The van der Waals surface area contributed by atoms with Gasteiger partial charge in [-0.05, 0) is 48.2 Å². The second kappa shape index (κ2) is 10.2. The fraction of sp³-hybridized carbons (Fsp3) is 0.222. The first-order chi connectivity index (χ1) is 16.7. The maximum Gasteiger partial charge on any atom is 0.233 e. The summed E-state index contributed by atoms with van der Waals surface area (Å²) in [5, 5.41) is 9.47. The van der Waals surface area contributed by atoms with Gasteiger partial charge in [0.15, 0.2) is 11.0 Å². The minimum Gasteiger partial charge on any atom is -0.335 e. The van der Waals surface area contributed by atoms with Crippen molar-refractivity contribution in [2.45, 2.75) is 37.1 Å². The van der Waals surface area contributed by atoms with Crippen molar-refractivity contribution in [3.63, 3.8) is 0 Å². The van der Waals surface area contributed by atoms with Crippen LogP contribution in [0.4, 0.5) is 4.39 Å². The Balaban J connectivity index is 1.36. The van der Waals surface area contributed by atoms with Crippen LogP contribution in [0.5, 0.6) is 0 Å². The molecule has 34 heavy (non-hydrogen) atoms. The smallest absolute Gasteiger partial charge is 0.233 e. The van der Waals surface area contributed by atoms with Crippen molar-refractivity contribution in [3.05, 3.63) is 102 Å². The molecule has 0 N–H and O–H groups in total. The first-order valence-corrected chi connectivity index (χ1v) is 12.4. The lowest BCUT2D eigenvalue weighted by molar-refractivity contribution is -0.129. The Morgan fingerprint density at radius 3 is 2.21 bits per heavy atom. The number of rotatable bonds is 9. The van der Waals surface area contributed by atoms with Gasteiger partial charge < -0.3 is 4.90 Å². The summed E-state index contributed by atoms with van der Waals surface area (Å²) in [5.41, 5.74) is 3.02. The van der Waals surface area contributed by atoms with E-state index in [0.29, 0.717) is 35.9 Å². The van der Waals surface area contributed by atoms with E-state index in [9.17, 15) is 9.18 Å². The number of hydrogen-bond acceptors (Lipinski definition) is 4. The zero-order valence-electron chi connectivity index (χ0n) is 18.7. The van der Waals surface area contributed by atoms with Gasteiger partial charge in [-0.2, -0.15) is 0 Å². The first kappa shape index (κ1) is 22.3. The highest BCUT2D eigenvalue weighted by Crippen LogP contribution is 2.30. The third kappa shape index (κ3) is 5.37. The lowest BCUT2D eigenvalue weighted by Crippen LogP contribution is -2.34. The number of carbonyl (C=O) groups is 1. The molecule has 1 saturated carbocycles. The molecule has 1 aromatic heterocycles. The monoisotopic (exact) mass is 472 g/mol. The molecule has 3 aromatic carbocycles. The van der Waals surface area contributed by atoms with E-state index in [-0.39, 0.29) is 11.7 Å². The maximum atomic E-state index is 13.5. The molecular formula is C27H25FN4OS. The van der Waals surface area contributed by atoms with Gasteiger partial charge in [0, 0.05) is 18.2 Å². The van der Waals surface area contributed by atoms with E-state index in [0.717, 1.165) is 29.5 Å². The quantitative estimate of drug-likeness (QED) is 0.306. The van der Waals surface area contributed by atoms with Crippen LogP contribution < -0.4 is 0 Å². The molecule has 0 aliphatic heterocycles. The van der Waals surface area contributed by atoms with Gasteiger partial charge in [-0.15, -0.1) is 10.2 Å². The Labute approximate surface area is 202 Å². The minimum atomic E-state index is -0.295. The predicted molar refractivity (Wildman–Crippen MR) is 132 cm³/mol. The molecule has 0 atom stereocenters. The van der Waals surface area contributed by atoms with Gasteiger partial charge in [0.1, 0.15) is 5.82 Å². The topological polar surface area (TPSA) is 51.0 Å². The zero-order valence-corrected chi connectivity index (χ0v) is 19.5. The number of amides is 1. The van der Waals surface area contributed by atoms with Gasteiger partial charge in [-0.25, -0.2) is 4.39 Å². The summed E-state index contributed by atoms with van der Waals surface area (Å²) in [6, 6.07) is 26.7. The SMILES string of the molecule is O=C(CSc1nnc(-c2ccc(F)cc2)n1Cc1ccccc1)N(Cc1ccccc1)C1CC1. The molecule has 1 aliphatic carbocycles. The van der Waals surface area contributed by atoms with Crippen LogP contribution in [-0.4, -0.2) is 37.4 Å². The molecule has 0 saturated heterocycles. The highest BCUT2D eigenvalue weighted by atomic mass is 32.2. The number of benzene rings is 3. The van der Waals surface area contributed by atoms with E-state index < -0.39 is 0 Å². The van der Waals surface area contributed by atoms with Crippen molar-refractivity contribution in [2.75, 3.05) is 5.75 Å². The molecule has 1 fully saturated rings. The van der Waals surface area contributed by atoms with Crippen LogP contribution >= 0.6 is 11.8 Å². The highest BCUT2D eigenvalue weighted by molar-refractivity contribution is 7.99. The molecule has 0 bridgehead atoms.